The molecule has 1 aliphatic rings. The van der Waals surface area contributed by atoms with Crippen LogP contribution in [0, 0.1) is 5.92 Å². The van der Waals surface area contributed by atoms with Gasteiger partial charge in [-0.1, -0.05) is 26.7 Å². The lowest BCUT2D eigenvalue weighted by molar-refractivity contribution is -0.127. The van der Waals surface area contributed by atoms with Crippen molar-refractivity contribution in [3.63, 3.8) is 0 Å². The molecule has 1 heterocycles. The van der Waals surface area contributed by atoms with Gasteiger partial charge in [0.25, 0.3) is 0 Å². The van der Waals surface area contributed by atoms with Gasteiger partial charge in [0, 0.05) is 25.6 Å². The first-order chi connectivity index (χ1) is 8.17. The summed E-state index contributed by atoms with van der Waals surface area (Å²) in [7, 11) is 0. The van der Waals surface area contributed by atoms with Crippen molar-refractivity contribution in [1.82, 2.24) is 10.2 Å². The second kappa shape index (κ2) is 7.70. The van der Waals surface area contributed by atoms with E-state index in [4.69, 9.17) is 0 Å². The second-order valence-electron chi connectivity index (χ2n) is 5.27. The number of carbonyl (C=O) groups excluding carboxylic acids is 1. The molecule has 0 spiro atoms. The Bertz CT molecular complexity index is 230. The Morgan fingerprint density at radius 1 is 1.41 bits per heavy atom. The van der Waals surface area contributed by atoms with Gasteiger partial charge in [-0.15, -0.1) is 0 Å². The highest BCUT2D eigenvalue weighted by Gasteiger charge is 2.27. The lowest BCUT2D eigenvalue weighted by Crippen LogP contribution is -2.28. The molecule has 2 unspecified atom stereocenters. The molecule has 0 saturated carbocycles. The number of rotatable bonds is 8. The molecule has 100 valence electrons. The maximum Gasteiger partial charge on any atom is 0.222 e. The highest BCUT2D eigenvalue weighted by molar-refractivity contribution is 5.78. The number of unbranched alkanes of at least 4 members (excludes halogenated alkanes) is 1. The van der Waals surface area contributed by atoms with Crippen molar-refractivity contribution in [2.45, 2.75) is 58.9 Å². The molecule has 3 heteroatoms. The maximum absolute atomic E-state index is 11.7. The third-order valence-corrected chi connectivity index (χ3v) is 3.74. The van der Waals surface area contributed by atoms with Crippen LogP contribution >= 0.6 is 0 Å². The number of hydrogen-bond acceptors (Lipinski definition) is 2. The number of hydrogen-bond donors (Lipinski definition) is 1. The number of amides is 1. The molecule has 17 heavy (non-hydrogen) atoms. The first-order valence-electron chi connectivity index (χ1n) is 7.18. The van der Waals surface area contributed by atoms with Gasteiger partial charge < -0.3 is 10.2 Å². The van der Waals surface area contributed by atoms with Crippen LogP contribution in [0.5, 0.6) is 0 Å². The second-order valence-corrected chi connectivity index (χ2v) is 5.27. The van der Waals surface area contributed by atoms with Gasteiger partial charge in [0.2, 0.25) is 5.91 Å². The Kier molecular flexibility index (Phi) is 6.56. The predicted octanol–water partition coefficient (Wildman–Crippen LogP) is 2.41. The third-order valence-electron chi connectivity index (χ3n) is 3.74. The summed E-state index contributed by atoms with van der Waals surface area (Å²) in [4.78, 5) is 13.7. The molecule has 0 aromatic heterocycles. The molecule has 1 amide bonds. The van der Waals surface area contributed by atoms with Crippen LogP contribution in [-0.4, -0.2) is 36.5 Å². The van der Waals surface area contributed by atoms with Crippen LogP contribution in [0.2, 0.25) is 0 Å². The molecule has 1 rings (SSSR count). The average Bonchev–Trinajstić information content (AvgIpc) is 2.66. The summed E-state index contributed by atoms with van der Waals surface area (Å²) in [6.45, 7) is 9.57. The van der Waals surface area contributed by atoms with Gasteiger partial charge in [-0.25, -0.2) is 0 Å². The normalized spacial score (nSPS) is 22.2. The van der Waals surface area contributed by atoms with Crippen LogP contribution in [0.1, 0.15) is 52.9 Å². The summed E-state index contributed by atoms with van der Waals surface area (Å²) in [6, 6.07) is 0.609. The quantitative estimate of drug-likeness (QED) is 0.661. The molecule has 2 atom stereocenters. The Labute approximate surface area is 106 Å². The van der Waals surface area contributed by atoms with Crippen LogP contribution in [0.3, 0.4) is 0 Å². The van der Waals surface area contributed by atoms with Crippen molar-refractivity contribution in [1.29, 1.82) is 0 Å². The van der Waals surface area contributed by atoms with E-state index in [2.05, 4.69) is 31.0 Å². The number of nitrogens with one attached hydrogen (secondary N) is 1. The van der Waals surface area contributed by atoms with Gasteiger partial charge in [-0.3, -0.25) is 4.79 Å². The summed E-state index contributed by atoms with van der Waals surface area (Å²) in [6.07, 6.45) is 5.50. The van der Waals surface area contributed by atoms with Gasteiger partial charge in [-0.05, 0) is 32.2 Å². The fraction of sp³-hybridized carbons (Fsp3) is 0.929. The summed E-state index contributed by atoms with van der Waals surface area (Å²) in [5, 5.41) is 3.42. The Morgan fingerprint density at radius 3 is 2.76 bits per heavy atom. The standard InChI is InChI=1S/C14H28N2O/c1-4-13-10-14(17)16(11-13)9-7-6-8-12(3)15-5-2/h12-13,15H,4-11H2,1-3H3. The first-order valence-corrected chi connectivity index (χ1v) is 7.18. The van der Waals surface area contributed by atoms with E-state index in [-0.39, 0.29) is 0 Å². The molecular weight excluding hydrogens is 212 g/mol. The van der Waals surface area contributed by atoms with E-state index in [0.29, 0.717) is 17.9 Å². The summed E-state index contributed by atoms with van der Waals surface area (Å²) in [5.41, 5.74) is 0. The zero-order valence-electron chi connectivity index (χ0n) is 11.7. The van der Waals surface area contributed by atoms with Crippen LogP contribution in [0.25, 0.3) is 0 Å². The largest absolute Gasteiger partial charge is 0.342 e. The van der Waals surface area contributed by atoms with E-state index in [0.717, 1.165) is 38.9 Å². The molecule has 1 N–H and O–H groups in total. The van der Waals surface area contributed by atoms with E-state index in [1.807, 2.05) is 0 Å². The minimum Gasteiger partial charge on any atom is -0.342 e. The molecule has 0 aliphatic carbocycles. The van der Waals surface area contributed by atoms with Crippen molar-refractivity contribution >= 4 is 5.91 Å². The van der Waals surface area contributed by atoms with Crippen LogP contribution in [0.15, 0.2) is 0 Å². The van der Waals surface area contributed by atoms with E-state index in [1.54, 1.807) is 0 Å². The number of carbonyl (C=O) groups is 1. The van der Waals surface area contributed by atoms with Gasteiger partial charge >= 0.3 is 0 Å². The minimum absolute atomic E-state index is 0.372. The Balaban J connectivity index is 2.09. The molecule has 1 saturated heterocycles. The maximum atomic E-state index is 11.7. The molecule has 1 fully saturated rings. The van der Waals surface area contributed by atoms with E-state index in [1.165, 1.54) is 12.8 Å². The summed E-state index contributed by atoms with van der Waals surface area (Å²) >= 11 is 0. The Hall–Kier alpha value is -0.570. The molecule has 0 aromatic rings. The zero-order chi connectivity index (χ0) is 12.7. The van der Waals surface area contributed by atoms with Crippen molar-refractivity contribution < 1.29 is 4.79 Å². The highest BCUT2D eigenvalue weighted by Crippen LogP contribution is 2.20. The van der Waals surface area contributed by atoms with Crippen LogP contribution in [-0.2, 0) is 4.79 Å². The van der Waals surface area contributed by atoms with Gasteiger partial charge in [0.1, 0.15) is 0 Å². The fourth-order valence-corrected chi connectivity index (χ4v) is 2.55. The van der Waals surface area contributed by atoms with Crippen molar-refractivity contribution in [2.24, 2.45) is 5.92 Å². The zero-order valence-corrected chi connectivity index (χ0v) is 11.7. The van der Waals surface area contributed by atoms with Crippen LogP contribution in [0.4, 0.5) is 0 Å². The monoisotopic (exact) mass is 240 g/mol. The van der Waals surface area contributed by atoms with Crippen LogP contribution < -0.4 is 5.32 Å². The summed E-state index contributed by atoms with van der Waals surface area (Å²) < 4.78 is 0. The SMILES string of the molecule is CCNC(C)CCCCN1CC(CC)CC1=O. The lowest BCUT2D eigenvalue weighted by Gasteiger charge is -2.17. The topological polar surface area (TPSA) is 32.3 Å². The van der Waals surface area contributed by atoms with Crippen molar-refractivity contribution in [3.8, 4) is 0 Å². The van der Waals surface area contributed by atoms with E-state index in [9.17, 15) is 4.79 Å². The highest BCUT2D eigenvalue weighted by atomic mass is 16.2. The number of nitrogens with zero attached hydrogens (tertiary/aromatic N) is 1. The fourth-order valence-electron chi connectivity index (χ4n) is 2.55. The molecular formula is C14H28N2O. The minimum atomic E-state index is 0.372. The van der Waals surface area contributed by atoms with Gasteiger partial charge in [0.05, 0.1) is 0 Å². The van der Waals surface area contributed by atoms with Crippen molar-refractivity contribution in [2.75, 3.05) is 19.6 Å². The third kappa shape index (κ3) is 5.07. The Morgan fingerprint density at radius 2 is 2.18 bits per heavy atom. The van der Waals surface area contributed by atoms with Crippen molar-refractivity contribution in [3.05, 3.63) is 0 Å². The first kappa shape index (κ1) is 14.5. The smallest absolute Gasteiger partial charge is 0.222 e. The van der Waals surface area contributed by atoms with Gasteiger partial charge in [-0.2, -0.15) is 0 Å². The van der Waals surface area contributed by atoms with E-state index < -0.39 is 0 Å². The summed E-state index contributed by atoms with van der Waals surface area (Å²) in [5.74, 6) is 0.986. The van der Waals surface area contributed by atoms with Gasteiger partial charge in [0.15, 0.2) is 0 Å². The average molecular weight is 240 g/mol. The lowest BCUT2D eigenvalue weighted by atomic mass is 10.1. The molecule has 0 bridgehead atoms. The number of likely N-dealkylation sites (tertiary alicyclic amines) is 1. The molecule has 0 aromatic carbocycles. The molecule has 3 nitrogen and oxygen atoms in total. The predicted molar refractivity (Wildman–Crippen MR) is 72.0 cm³/mol. The molecule has 0 radical (unpaired) electrons. The molecule has 1 aliphatic heterocycles. The van der Waals surface area contributed by atoms with E-state index >= 15 is 0 Å².